The zero-order valence-corrected chi connectivity index (χ0v) is 26.7. The Morgan fingerprint density at radius 3 is 2.43 bits per heavy atom. The number of nitrogens with one attached hydrogen (secondary N) is 1. The maximum Gasteiger partial charge on any atom is 0.408 e. The second-order valence-electron chi connectivity index (χ2n) is 10.4. The number of rotatable bonds is 10. The van der Waals surface area contributed by atoms with E-state index >= 15 is 0 Å². The van der Waals surface area contributed by atoms with Crippen molar-refractivity contribution >= 4 is 46.6 Å². The molecular formula is C31H37F3N10O2. The number of nitrogens with zero attached hydrogens (tertiary/aromatic N) is 9. The number of fused-ring (bicyclic) bond motifs is 1. The van der Waals surface area contributed by atoms with Crippen LogP contribution >= 0.6 is 0 Å². The predicted octanol–water partition coefficient (Wildman–Crippen LogP) is 4.99. The highest BCUT2D eigenvalue weighted by atomic mass is 19.4. The molecule has 244 valence electrons. The van der Waals surface area contributed by atoms with E-state index in [4.69, 9.17) is 0 Å². The van der Waals surface area contributed by atoms with Gasteiger partial charge in [0.05, 0.1) is 53.9 Å². The van der Waals surface area contributed by atoms with Gasteiger partial charge >= 0.3 is 6.18 Å². The minimum Gasteiger partial charge on any atom is -0.364 e. The normalized spacial score (nSPS) is 11.9. The van der Waals surface area contributed by atoms with Gasteiger partial charge in [0.15, 0.2) is 5.82 Å². The van der Waals surface area contributed by atoms with Crippen molar-refractivity contribution in [2.75, 3.05) is 30.4 Å². The van der Waals surface area contributed by atoms with Crippen LogP contribution in [0.5, 0.6) is 0 Å². The van der Waals surface area contributed by atoms with E-state index in [1.807, 2.05) is 33.3 Å². The summed E-state index contributed by atoms with van der Waals surface area (Å²) in [6.07, 6.45) is 5.76. The molecule has 0 saturated carbocycles. The van der Waals surface area contributed by atoms with Crippen LogP contribution in [0.25, 0.3) is 22.2 Å². The maximum absolute atomic E-state index is 12.8. The van der Waals surface area contributed by atoms with Gasteiger partial charge < -0.3 is 10.2 Å². The van der Waals surface area contributed by atoms with E-state index in [1.54, 1.807) is 66.7 Å². The summed E-state index contributed by atoms with van der Waals surface area (Å²) < 4.78 is 40.2. The van der Waals surface area contributed by atoms with Gasteiger partial charge in [-0.05, 0) is 39.3 Å². The minimum atomic E-state index is -4.56. The number of amides is 2. The van der Waals surface area contributed by atoms with Crippen molar-refractivity contribution in [1.29, 1.82) is 0 Å². The summed E-state index contributed by atoms with van der Waals surface area (Å²) in [5, 5.41) is 12.7. The Kier molecular flexibility index (Phi) is 11.5. The molecule has 1 aromatic carbocycles. The lowest BCUT2D eigenvalue weighted by atomic mass is 10.1. The Labute approximate surface area is 265 Å². The van der Waals surface area contributed by atoms with E-state index < -0.39 is 18.1 Å². The Bertz CT molecular complexity index is 1700. The van der Waals surface area contributed by atoms with Gasteiger partial charge in [-0.25, -0.2) is 4.98 Å². The number of aromatic nitrogens is 5. The molecule has 0 radical (unpaired) electrons. The number of aryl methyl sites for hydroxylation is 2. The van der Waals surface area contributed by atoms with Crippen LogP contribution in [0.1, 0.15) is 26.3 Å². The molecule has 2 amide bonds. The number of allylic oxidation sites excluding steroid dienone is 1. The summed E-state index contributed by atoms with van der Waals surface area (Å²) in [7, 11) is 5.22. The van der Waals surface area contributed by atoms with Crippen molar-refractivity contribution in [3.8, 4) is 11.3 Å². The van der Waals surface area contributed by atoms with Gasteiger partial charge in [0.25, 0.3) is 0 Å². The first-order chi connectivity index (χ1) is 21.7. The summed E-state index contributed by atoms with van der Waals surface area (Å²) in [6, 6.07) is 3.16. The summed E-state index contributed by atoms with van der Waals surface area (Å²) in [4.78, 5) is 40.5. The van der Waals surface area contributed by atoms with Crippen molar-refractivity contribution in [1.82, 2.24) is 35.1 Å². The van der Waals surface area contributed by atoms with Gasteiger partial charge in [-0.15, -0.1) is 0 Å². The smallest absolute Gasteiger partial charge is 0.364 e. The lowest BCUT2D eigenvalue weighted by Crippen LogP contribution is -2.46. The fourth-order valence-corrected chi connectivity index (χ4v) is 4.28. The number of benzene rings is 1. The number of hydrogen-bond donors (Lipinski definition) is 1. The van der Waals surface area contributed by atoms with E-state index in [9.17, 15) is 22.8 Å². The fraction of sp³-hybridized carbons (Fsp3) is 0.323. The van der Waals surface area contributed by atoms with Gasteiger partial charge in [-0.1, -0.05) is 18.7 Å². The molecular weight excluding hydrogens is 601 g/mol. The molecule has 0 spiro atoms. The maximum atomic E-state index is 12.8. The van der Waals surface area contributed by atoms with Crippen LogP contribution in [0.2, 0.25) is 0 Å². The predicted molar refractivity (Wildman–Crippen MR) is 173 cm³/mol. The summed E-state index contributed by atoms with van der Waals surface area (Å²) in [6.45, 7) is 9.75. The quantitative estimate of drug-likeness (QED) is 0.146. The largest absolute Gasteiger partial charge is 0.408 e. The minimum absolute atomic E-state index is 0.217. The third-order valence-corrected chi connectivity index (χ3v) is 6.90. The van der Waals surface area contributed by atoms with Crippen molar-refractivity contribution in [3.05, 3.63) is 67.0 Å². The molecule has 0 saturated heterocycles. The highest BCUT2D eigenvalue weighted by molar-refractivity contribution is 5.95. The number of carbonyl (C=O) groups excluding carboxylic acids is 2. The molecule has 15 heteroatoms. The zero-order chi connectivity index (χ0) is 34.2. The molecule has 0 aliphatic rings. The molecule has 4 rings (SSSR count). The second kappa shape index (κ2) is 15.1. The lowest BCUT2D eigenvalue weighted by Gasteiger charge is -2.28. The molecule has 0 aliphatic heterocycles. The van der Waals surface area contributed by atoms with Crippen LogP contribution in [0.3, 0.4) is 0 Å². The average molecular weight is 639 g/mol. The number of hydrazone groups is 1. The van der Waals surface area contributed by atoms with Crippen LogP contribution in [0.4, 0.5) is 30.4 Å². The summed E-state index contributed by atoms with van der Waals surface area (Å²) in [5.74, 6) is -0.598. The number of pyridine rings is 1. The van der Waals surface area contributed by atoms with E-state index in [0.717, 1.165) is 29.1 Å². The summed E-state index contributed by atoms with van der Waals surface area (Å²) >= 11 is 0. The number of likely N-dealkylation sites (N-methyl/N-ethyl adjacent to an activating group) is 1. The fourth-order valence-electron chi connectivity index (χ4n) is 4.28. The number of carbonyl (C=O) groups is 2. The zero-order valence-electron chi connectivity index (χ0n) is 26.7. The highest BCUT2D eigenvalue weighted by Gasteiger charge is 2.37. The van der Waals surface area contributed by atoms with Crippen LogP contribution in [-0.4, -0.2) is 81.1 Å². The molecule has 3 aromatic heterocycles. The SMILES string of the molecule is C=C(C)N(C)/N=C\C.Cc1cccc(N(C)CC(=O)NC(C)C(F)(F)F)c1N(C=O)c1cnc(-c2cncc3c2cnn3C)cn1. The number of hydrogen-bond acceptors (Lipinski definition) is 9. The molecule has 1 N–H and O–H groups in total. The van der Waals surface area contributed by atoms with Crippen molar-refractivity contribution in [3.63, 3.8) is 0 Å². The first-order valence-corrected chi connectivity index (χ1v) is 14.1. The van der Waals surface area contributed by atoms with E-state index in [2.05, 4.69) is 31.7 Å². The third kappa shape index (κ3) is 8.43. The van der Waals surface area contributed by atoms with Gasteiger partial charge in [0.1, 0.15) is 6.04 Å². The third-order valence-electron chi connectivity index (χ3n) is 6.90. The van der Waals surface area contributed by atoms with Crippen molar-refractivity contribution in [2.24, 2.45) is 12.1 Å². The Balaban J connectivity index is 0.000000637. The van der Waals surface area contributed by atoms with Gasteiger partial charge in [0, 0.05) is 50.2 Å². The standard InChI is InChI=1S/C25H25F3N8O2.C6H12N2/c1-15-6-5-7-20(34(3)13-23(38)33-16(2)25(26,27)28)24(15)36(14-37)22-12-30-19(10-31-22)17-8-29-11-21-18(17)9-32-35(21)4;1-5-7-8(4)6(2)3/h5-12,14,16H,13H2,1-4H3,(H,33,38);5H,2H2,1,3-4H3/b;7-5-. The molecule has 46 heavy (non-hydrogen) atoms. The van der Waals surface area contributed by atoms with Gasteiger partial charge in [-0.2, -0.15) is 23.4 Å². The Hall–Kier alpha value is -5.34. The molecule has 3 heterocycles. The number of halogens is 3. The van der Waals surface area contributed by atoms with E-state index in [-0.39, 0.29) is 12.4 Å². The number of anilines is 3. The molecule has 0 aliphatic carbocycles. The lowest BCUT2D eigenvalue weighted by molar-refractivity contribution is -0.157. The van der Waals surface area contributed by atoms with Crippen LogP contribution in [0, 0.1) is 6.92 Å². The molecule has 0 bridgehead atoms. The molecule has 1 atom stereocenters. The Morgan fingerprint density at radius 2 is 1.87 bits per heavy atom. The Morgan fingerprint density at radius 1 is 1.15 bits per heavy atom. The van der Waals surface area contributed by atoms with Gasteiger partial charge in [-0.3, -0.25) is 34.1 Å². The first-order valence-electron chi connectivity index (χ1n) is 14.1. The van der Waals surface area contributed by atoms with Crippen molar-refractivity contribution in [2.45, 2.75) is 39.9 Å². The van der Waals surface area contributed by atoms with Crippen LogP contribution in [-0.2, 0) is 16.6 Å². The topological polar surface area (TPSA) is 125 Å². The molecule has 4 aromatic rings. The molecule has 1 unspecified atom stereocenters. The van der Waals surface area contributed by atoms with E-state index in [0.29, 0.717) is 29.0 Å². The number of alkyl halides is 3. The van der Waals surface area contributed by atoms with Gasteiger partial charge in [0.2, 0.25) is 12.3 Å². The number of para-hydroxylation sites is 1. The monoisotopic (exact) mass is 638 g/mol. The summed E-state index contributed by atoms with van der Waals surface area (Å²) in [5.41, 5.74) is 4.57. The average Bonchev–Trinajstić information content (AvgIpc) is 3.39. The van der Waals surface area contributed by atoms with Crippen LogP contribution < -0.4 is 15.1 Å². The molecule has 0 fully saturated rings. The highest BCUT2D eigenvalue weighted by Crippen LogP contribution is 2.36. The second-order valence-corrected chi connectivity index (χ2v) is 10.4. The van der Waals surface area contributed by atoms with Crippen molar-refractivity contribution < 1.29 is 22.8 Å². The first kappa shape index (κ1) is 35.1. The van der Waals surface area contributed by atoms with E-state index in [1.165, 1.54) is 22.2 Å². The molecule has 12 nitrogen and oxygen atoms in total. The van der Waals surface area contributed by atoms with Crippen LogP contribution in [0.15, 0.2) is 66.6 Å².